The van der Waals surface area contributed by atoms with Gasteiger partial charge in [-0.15, -0.1) is 0 Å². The molecule has 0 aliphatic rings. The molecule has 1 heterocycles. The molecule has 0 fully saturated rings. The number of halogens is 3. The highest BCUT2D eigenvalue weighted by Gasteiger charge is 2.07. The number of benzene rings is 1. The van der Waals surface area contributed by atoms with Crippen molar-refractivity contribution in [3.8, 4) is 0 Å². The number of rotatable bonds is 4. The molecule has 0 aliphatic heterocycles. The molecule has 0 radical (unpaired) electrons. The minimum atomic E-state index is 0.530. The molecular formula is C13H13Cl3N2. The van der Waals surface area contributed by atoms with Crippen LogP contribution in [0.1, 0.15) is 12.5 Å². The fourth-order valence-electron chi connectivity index (χ4n) is 1.69. The van der Waals surface area contributed by atoms with Gasteiger partial charge in [-0.3, -0.25) is 0 Å². The van der Waals surface area contributed by atoms with E-state index in [0.717, 1.165) is 6.54 Å². The van der Waals surface area contributed by atoms with Crippen molar-refractivity contribution in [2.24, 2.45) is 0 Å². The lowest BCUT2D eigenvalue weighted by Crippen LogP contribution is -2.00. The van der Waals surface area contributed by atoms with E-state index in [0.29, 0.717) is 27.3 Å². The van der Waals surface area contributed by atoms with Crippen LogP contribution < -0.4 is 5.32 Å². The molecule has 0 bridgehead atoms. The number of anilines is 1. The number of hydrogen-bond donors (Lipinski definition) is 1. The molecule has 0 amide bonds. The summed E-state index contributed by atoms with van der Waals surface area (Å²) in [6.07, 6.45) is 4.13. The zero-order valence-electron chi connectivity index (χ0n) is 9.88. The predicted molar refractivity (Wildman–Crippen MR) is 78.9 cm³/mol. The molecule has 0 spiro atoms. The molecule has 0 aliphatic carbocycles. The van der Waals surface area contributed by atoms with Crippen molar-refractivity contribution >= 4 is 40.5 Å². The molecule has 1 aromatic carbocycles. The van der Waals surface area contributed by atoms with E-state index in [-0.39, 0.29) is 0 Å². The standard InChI is InChI=1S/C13H13Cl3N2/c1-2-18-4-3-9(8-18)7-17-13-11(15)5-10(14)6-12(13)16/h3-6,8,17H,2,7H2,1H3. The lowest BCUT2D eigenvalue weighted by Gasteiger charge is -2.10. The smallest absolute Gasteiger partial charge is 0.0722 e. The first-order valence-corrected chi connectivity index (χ1v) is 6.76. The maximum atomic E-state index is 6.10. The lowest BCUT2D eigenvalue weighted by molar-refractivity contribution is 0.766. The number of aryl methyl sites for hydroxylation is 1. The molecule has 1 aromatic heterocycles. The highest BCUT2D eigenvalue weighted by Crippen LogP contribution is 2.33. The predicted octanol–water partition coefficient (Wildman–Crippen LogP) is 5.08. The Bertz CT molecular complexity index is 526. The number of nitrogens with one attached hydrogen (secondary N) is 1. The average molecular weight is 304 g/mol. The fourth-order valence-corrected chi connectivity index (χ4v) is 2.64. The van der Waals surface area contributed by atoms with E-state index in [4.69, 9.17) is 34.8 Å². The molecule has 1 N–H and O–H groups in total. The molecule has 5 heteroatoms. The fraction of sp³-hybridized carbons (Fsp3) is 0.231. The summed E-state index contributed by atoms with van der Waals surface area (Å²) >= 11 is 18.1. The minimum absolute atomic E-state index is 0.530. The summed E-state index contributed by atoms with van der Waals surface area (Å²) in [5, 5.41) is 4.82. The van der Waals surface area contributed by atoms with Gasteiger partial charge in [-0.2, -0.15) is 0 Å². The van der Waals surface area contributed by atoms with E-state index in [9.17, 15) is 0 Å². The Labute approximate surface area is 121 Å². The van der Waals surface area contributed by atoms with E-state index in [2.05, 4.69) is 29.1 Å². The topological polar surface area (TPSA) is 17.0 Å². The summed E-state index contributed by atoms with van der Waals surface area (Å²) in [4.78, 5) is 0. The van der Waals surface area contributed by atoms with Crippen molar-refractivity contribution in [3.63, 3.8) is 0 Å². The Kier molecular flexibility index (Phi) is 4.44. The normalized spacial score (nSPS) is 10.7. The van der Waals surface area contributed by atoms with Crippen molar-refractivity contribution in [2.45, 2.75) is 20.0 Å². The highest BCUT2D eigenvalue weighted by molar-refractivity contribution is 6.41. The van der Waals surface area contributed by atoms with Crippen molar-refractivity contribution in [3.05, 3.63) is 51.2 Å². The van der Waals surface area contributed by atoms with Gasteiger partial charge in [-0.25, -0.2) is 0 Å². The van der Waals surface area contributed by atoms with Crippen LogP contribution in [0.25, 0.3) is 0 Å². The van der Waals surface area contributed by atoms with Crippen molar-refractivity contribution in [1.82, 2.24) is 4.57 Å². The number of aromatic nitrogens is 1. The summed E-state index contributed by atoms with van der Waals surface area (Å²) in [5.41, 5.74) is 1.89. The third-order valence-corrected chi connectivity index (χ3v) is 3.47. The van der Waals surface area contributed by atoms with E-state index in [1.165, 1.54) is 5.56 Å². The van der Waals surface area contributed by atoms with Crippen LogP contribution in [0.15, 0.2) is 30.6 Å². The first-order valence-electron chi connectivity index (χ1n) is 5.63. The Morgan fingerprint density at radius 1 is 1.17 bits per heavy atom. The van der Waals surface area contributed by atoms with E-state index in [1.54, 1.807) is 12.1 Å². The molecule has 0 atom stereocenters. The zero-order chi connectivity index (χ0) is 13.1. The van der Waals surface area contributed by atoms with Gasteiger partial charge in [-0.05, 0) is 30.7 Å². The number of hydrogen-bond acceptors (Lipinski definition) is 1. The molecule has 0 saturated carbocycles. The summed E-state index contributed by atoms with van der Waals surface area (Å²) in [6.45, 7) is 3.74. The van der Waals surface area contributed by atoms with Gasteiger partial charge < -0.3 is 9.88 Å². The Morgan fingerprint density at radius 2 is 1.83 bits per heavy atom. The third-order valence-electron chi connectivity index (χ3n) is 2.65. The summed E-state index contributed by atoms with van der Waals surface area (Å²) < 4.78 is 2.11. The van der Waals surface area contributed by atoms with E-state index < -0.39 is 0 Å². The van der Waals surface area contributed by atoms with Crippen molar-refractivity contribution < 1.29 is 0 Å². The van der Waals surface area contributed by atoms with Gasteiger partial charge in [0.25, 0.3) is 0 Å². The molecule has 2 rings (SSSR count). The summed E-state index contributed by atoms with van der Waals surface area (Å²) in [6, 6.07) is 5.41. The average Bonchev–Trinajstić information content (AvgIpc) is 2.75. The van der Waals surface area contributed by atoms with Crippen LogP contribution in [-0.4, -0.2) is 4.57 Å². The van der Waals surface area contributed by atoms with Crippen LogP contribution in [0, 0.1) is 0 Å². The van der Waals surface area contributed by atoms with Crippen LogP contribution in [0.5, 0.6) is 0 Å². The van der Waals surface area contributed by atoms with E-state index in [1.807, 2.05) is 6.20 Å². The van der Waals surface area contributed by atoms with Gasteiger partial charge in [0.15, 0.2) is 0 Å². The zero-order valence-corrected chi connectivity index (χ0v) is 12.1. The molecule has 2 nitrogen and oxygen atoms in total. The first kappa shape index (κ1) is 13.6. The summed E-state index contributed by atoms with van der Waals surface area (Å²) in [5.74, 6) is 0. The summed E-state index contributed by atoms with van der Waals surface area (Å²) in [7, 11) is 0. The van der Waals surface area contributed by atoms with Crippen molar-refractivity contribution in [2.75, 3.05) is 5.32 Å². The van der Waals surface area contributed by atoms with Gasteiger partial charge in [0, 0.05) is 30.5 Å². The maximum absolute atomic E-state index is 6.10. The maximum Gasteiger partial charge on any atom is 0.0722 e. The van der Waals surface area contributed by atoms with Gasteiger partial charge in [0.1, 0.15) is 0 Å². The van der Waals surface area contributed by atoms with Crippen LogP contribution in [0.2, 0.25) is 15.1 Å². The largest absolute Gasteiger partial charge is 0.378 e. The number of nitrogens with zero attached hydrogens (tertiary/aromatic N) is 1. The molecule has 96 valence electrons. The van der Waals surface area contributed by atoms with E-state index >= 15 is 0 Å². The first-order chi connectivity index (χ1) is 8.60. The minimum Gasteiger partial charge on any atom is -0.378 e. The van der Waals surface area contributed by atoms with Crippen molar-refractivity contribution in [1.29, 1.82) is 0 Å². The van der Waals surface area contributed by atoms with Gasteiger partial charge in [0.05, 0.1) is 15.7 Å². The molecule has 0 unspecified atom stereocenters. The Balaban J connectivity index is 2.10. The van der Waals surface area contributed by atoms with Gasteiger partial charge in [-0.1, -0.05) is 34.8 Å². The van der Waals surface area contributed by atoms with Crippen LogP contribution >= 0.6 is 34.8 Å². The second kappa shape index (κ2) is 5.87. The second-order valence-electron chi connectivity index (χ2n) is 3.95. The van der Waals surface area contributed by atoms with Gasteiger partial charge >= 0.3 is 0 Å². The SMILES string of the molecule is CCn1ccc(CNc2c(Cl)cc(Cl)cc2Cl)c1. The third kappa shape index (κ3) is 3.14. The molecule has 0 saturated heterocycles. The highest BCUT2D eigenvalue weighted by atomic mass is 35.5. The second-order valence-corrected chi connectivity index (χ2v) is 5.20. The monoisotopic (exact) mass is 302 g/mol. The lowest BCUT2D eigenvalue weighted by atomic mass is 10.3. The van der Waals surface area contributed by atoms with Crippen LogP contribution in [0.3, 0.4) is 0 Å². The molecular weight excluding hydrogens is 291 g/mol. The molecule has 18 heavy (non-hydrogen) atoms. The molecule has 2 aromatic rings. The Hall–Kier alpha value is -0.830. The quantitative estimate of drug-likeness (QED) is 0.833. The Morgan fingerprint density at radius 3 is 2.39 bits per heavy atom. The van der Waals surface area contributed by atoms with Gasteiger partial charge in [0.2, 0.25) is 0 Å². The van der Waals surface area contributed by atoms with Crippen LogP contribution in [-0.2, 0) is 13.1 Å². The van der Waals surface area contributed by atoms with Crippen LogP contribution in [0.4, 0.5) is 5.69 Å².